The van der Waals surface area contributed by atoms with Crippen LogP contribution in [0.3, 0.4) is 0 Å². The number of nitriles is 1. The second kappa shape index (κ2) is 7.04. The molecule has 0 aromatic heterocycles. The summed E-state index contributed by atoms with van der Waals surface area (Å²) in [5.41, 5.74) is 0. The summed E-state index contributed by atoms with van der Waals surface area (Å²) >= 11 is 0. The molecular weight excluding hydrogens is 280 g/mol. The predicted molar refractivity (Wildman–Crippen MR) is 74.3 cm³/mol. The highest BCUT2D eigenvalue weighted by molar-refractivity contribution is 7.89. The minimum atomic E-state index is -3.66. The van der Waals surface area contributed by atoms with E-state index in [1.54, 1.807) is 0 Å². The summed E-state index contributed by atoms with van der Waals surface area (Å²) in [6, 6.07) is 1.95. The van der Waals surface area contributed by atoms with E-state index in [0.717, 1.165) is 0 Å². The van der Waals surface area contributed by atoms with E-state index in [1.807, 2.05) is 19.9 Å². The lowest BCUT2D eigenvalue weighted by molar-refractivity contribution is -0.141. The van der Waals surface area contributed by atoms with E-state index >= 15 is 0 Å². The van der Waals surface area contributed by atoms with Gasteiger partial charge in [0.25, 0.3) is 0 Å². The number of carbonyl (C=O) groups is 1. The van der Waals surface area contributed by atoms with Crippen molar-refractivity contribution in [3.63, 3.8) is 0 Å². The molecule has 0 aliphatic heterocycles. The van der Waals surface area contributed by atoms with E-state index in [-0.39, 0.29) is 18.9 Å². The minimum absolute atomic E-state index is 0.121. The second-order valence-electron chi connectivity index (χ2n) is 5.62. The summed E-state index contributed by atoms with van der Waals surface area (Å²) in [6.07, 6.45) is 1.54. The van der Waals surface area contributed by atoms with Gasteiger partial charge in [-0.1, -0.05) is 20.3 Å². The van der Waals surface area contributed by atoms with Crippen LogP contribution in [0.1, 0.15) is 39.5 Å². The van der Waals surface area contributed by atoms with Gasteiger partial charge in [0.05, 0.1) is 17.2 Å². The van der Waals surface area contributed by atoms with Crippen molar-refractivity contribution in [2.24, 2.45) is 11.8 Å². The first-order chi connectivity index (χ1) is 9.30. The highest BCUT2D eigenvalue weighted by atomic mass is 32.2. The molecule has 1 aliphatic carbocycles. The van der Waals surface area contributed by atoms with Gasteiger partial charge < -0.3 is 5.11 Å². The third kappa shape index (κ3) is 3.93. The number of nitrogens with zero attached hydrogens (tertiary/aromatic N) is 2. The molecule has 0 aromatic rings. The van der Waals surface area contributed by atoms with E-state index in [0.29, 0.717) is 25.8 Å². The monoisotopic (exact) mass is 302 g/mol. The Morgan fingerprint density at radius 2 is 2.10 bits per heavy atom. The first-order valence-electron chi connectivity index (χ1n) is 6.89. The first-order valence-corrected chi connectivity index (χ1v) is 8.39. The fourth-order valence-electron chi connectivity index (χ4n) is 2.66. The SMILES string of the molecule is CC(C)CN(CCC#N)S(=O)(=O)C1CCCC1C(=O)O. The van der Waals surface area contributed by atoms with Gasteiger partial charge in [0.2, 0.25) is 10.0 Å². The Morgan fingerprint density at radius 3 is 2.60 bits per heavy atom. The van der Waals surface area contributed by atoms with E-state index < -0.39 is 27.2 Å². The number of hydrogen-bond acceptors (Lipinski definition) is 4. The maximum Gasteiger partial charge on any atom is 0.307 e. The Hall–Kier alpha value is -1.13. The van der Waals surface area contributed by atoms with Crippen LogP contribution < -0.4 is 0 Å². The van der Waals surface area contributed by atoms with Crippen molar-refractivity contribution in [2.75, 3.05) is 13.1 Å². The Kier molecular flexibility index (Phi) is 5.96. The molecule has 6 nitrogen and oxygen atoms in total. The predicted octanol–water partition coefficient (Wildman–Crippen LogP) is 1.44. The van der Waals surface area contributed by atoms with Crippen LogP contribution in [0.4, 0.5) is 0 Å². The molecule has 1 rings (SSSR count). The van der Waals surface area contributed by atoms with Gasteiger partial charge in [-0.15, -0.1) is 0 Å². The lowest BCUT2D eigenvalue weighted by atomic mass is 10.1. The molecule has 2 atom stereocenters. The maximum atomic E-state index is 12.6. The van der Waals surface area contributed by atoms with Gasteiger partial charge in [0, 0.05) is 19.5 Å². The molecule has 7 heteroatoms. The number of sulfonamides is 1. The molecule has 0 heterocycles. The lowest BCUT2D eigenvalue weighted by Crippen LogP contribution is -2.44. The van der Waals surface area contributed by atoms with E-state index in [2.05, 4.69) is 0 Å². The molecular formula is C13H22N2O4S. The molecule has 1 N–H and O–H groups in total. The first kappa shape index (κ1) is 16.9. The van der Waals surface area contributed by atoms with Gasteiger partial charge in [0.15, 0.2) is 0 Å². The molecule has 0 spiro atoms. The van der Waals surface area contributed by atoms with E-state index in [1.165, 1.54) is 4.31 Å². The number of aliphatic carboxylic acids is 1. The van der Waals surface area contributed by atoms with Crippen LogP contribution in [0, 0.1) is 23.2 Å². The van der Waals surface area contributed by atoms with Gasteiger partial charge in [-0.3, -0.25) is 4.79 Å². The van der Waals surface area contributed by atoms with Crippen LogP contribution in [0.2, 0.25) is 0 Å². The molecule has 0 bridgehead atoms. The van der Waals surface area contributed by atoms with Gasteiger partial charge >= 0.3 is 5.97 Å². The molecule has 1 aliphatic rings. The second-order valence-corrected chi connectivity index (χ2v) is 7.77. The van der Waals surface area contributed by atoms with Gasteiger partial charge in [-0.05, 0) is 18.8 Å². The van der Waals surface area contributed by atoms with Gasteiger partial charge in [0.1, 0.15) is 0 Å². The fraction of sp³-hybridized carbons (Fsp3) is 0.846. The van der Waals surface area contributed by atoms with Crippen LogP contribution in [0.25, 0.3) is 0 Å². The largest absolute Gasteiger partial charge is 0.481 e. The van der Waals surface area contributed by atoms with Crippen molar-refractivity contribution in [3.8, 4) is 6.07 Å². The minimum Gasteiger partial charge on any atom is -0.481 e. The molecule has 2 unspecified atom stereocenters. The van der Waals surface area contributed by atoms with Crippen molar-refractivity contribution in [3.05, 3.63) is 0 Å². The fourth-order valence-corrected chi connectivity index (χ4v) is 5.03. The highest BCUT2D eigenvalue weighted by Crippen LogP contribution is 2.33. The number of carboxylic acid groups (broad SMARTS) is 1. The Morgan fingerprint density at radius 1 is 1.45 bits per heavy atom. The molecule has 1 saturated carbocycles. The average molecular weight is 302 g/mol. The summed E-state index contributed by atoms with van der Waals surface area (Å²) in [7, 11) is -3.66. The summed E-state index contributed by atoms with van der Waals surface area (Å²) in [5, 5.41) is 17.0. The van der Waals surface area contributed by atoms with Crippen LogP contribution in [-0.2, 0) is 14.8 Å². The zero-order valence-electron chi connectivity index (χ0n) is 11.9. The highest BCUT2D eigenvalue weighted by Gasteiger charge is 2.44. The topological polar surface area (TPSA) is 98.5 Å². The maximum absolute atomic E-state index is 12.6. The normalized spacial score (nSPS) is 23.1. The number of rotatable bonds is 7. The van der Waals surface area contributed by atoms with Crippen LogP contribution in [0.5, 0.6) is 0 Å². The summed E-state index contributed by atoms with van der Waals surface area (Å²) in [5.74, 6) is -1.73. The quantitative estimate of drug-likeness (QED) is 0.767. The lowest BCUT2D eigenvalue weighted by Gasteiger charge is -2.28. The summed E-state index contributed by atoms with van der Waals surface area (Å²) < 4.78 is 26.6. The van der Waals surface area contributed by atoms with Crippen LogP contribution in [0.15, 0.2) is 0 Å². The molecule has 1 fully saturated rings. The third-order valence-corrected chi connectivity index (χ3v) is 5.93. The van der Waals surface area contributed by atoms with Crippen LogP contribution >= 0.6 is 0 Å². The summed E-state index contributed by atoms with van der Waals surface area (Å²) in [4.78, 5) is 11.2. The van der Waals surface area contributed by atoms with Crippen molar-refractivity contribution < 1.29 is 18.3 Å². The van der Waals surface area contributed by atoms with Gasteiger partial charge in [-0.25, -0.2) is 12.7 Å². The summed E-state index contributed by atoms with van der Waals surface area (Å²) in [6.45, 7) is 4.27. The molecule has 0 aromatic carbocycles. The zero-order valence-corrected chi connectivity index (χ0v) is 12.8. The van der Waals surface area contributed by atoms with Crippen molar-refractivity contribution in [1.82, 2.24) is 4.31 Å². The van der Waals surface area contributed by atoms with Crippen molar-refractivity contribution in [1.29, 1.82) is 5.26 Å². The zero-order chi connectivity index (χ0) is 15.3. The number of carboxylic acids is 1. The Labute approximate surface area is 120 Å². The standard InChI is InChI=1S/C13H22N2O4S/c1-10(2)9-15(8-4-7-14)20(18,19)12-6-3-5-11(12)13(16)17/h10-12H,3-6,8-9H2,1-2H3,(H,16,17). The molecule has 0 radical (unpaired) electrons. The average Bonchev–Trinajstić information content (AvgIpc) is 2.83. The van der Waals surface area contributed by atoms with Crippen molar-refractivity contribution in [2.45, 2.75) is 44.8 Å². The Balaban J connectivity index is 2.97. The number of hydrogen-bond donors (Lipinski definition) is 1. The van der Waals surface area contributed by atoms with E-state index in [9.17, 15) is 13.2 Å². The molecule has 114 valence electrons. The Bertz CT molecular complexity index is 481. The molecule has 20 heavy (non-hydrogen) atoms. The van der Waals surface area contributed by atoms with E-state index in [4.69, 9.17) is 10.4 Å². The smallest absolute Gasteiger partial charge is 0.307 e. The third-order valence-electron chi connectivity index (χ3n) is 3.55. The van der Waals surface area contributed by atoms with Crippen LogP contribution in [-0.4, -0.2) is 42.1 Å². The molecule has 0 amide bonds. The molecule has 0 saturated heterocycles. The van der Waals surface area contributed by atoms with Gasteiger partial charge in [-0.2, -0.15) is 5.26 Å². The van der Waals surface area contributed by atoms with Crippen molar-refractivity contribution >= 4 is 16.0 Å².